The summed E-state index contributed by atoms with van der Waals surface area (Å²) in [6.07, 6.45) is 1.37. The summed E-state index contributed by atoms with van der Waals surface area (Å²) >= 11 is 6.17. The van der Waals surface area contributed by atoms with Gasteiger partial charge < -0.3 is 14.6 Å². The van der Waals surface area contributed by atoms with Crippen molar-refractivity contribution >= 4 is 34.2 Å². The van der Waals surface area contributed by atoms with Gasteiger partial charge in [-0.05, 0) is 42.5 Å². The number of fused-ring (bicyclic) bond motifs is 1. The van der Waals surface area contributed by atoms with Gasteiger partial charge in [0.15, 0.2) is 0 Å². The zero-order valence-corrected chi connectivity index (χ0v) is 14.3. The maximum absolute atomic E-state index is 13.2. The molecule has 8 heteroatoms. The number of aromatic nitrogens is 3. The second-order valence-corrected chi connectivity index (χ2v) is 5.82. The maximum atomic E-state index is 13.2. The van der Waals surface area contributed by atoms with E-state index in [-0.39, 0.29) is 5.82 Å². The Hall–Kier alpha value is -3.19. The van der Waals surface area contributed by atoms with E-state index in [2.05, 4.69) is 20.4 Å². The summed E-state index contributed by atoms with van der Waals surface area (Å²) in [5, 5.41) is 8.29. The highest BCUT2D eigenvalue weighted by Crippen LogP contribution is 2.34. The molecule has 2 aromatic carbocycles. The fourth-order valence-corrected chi connectivity index (χ4v) is 2.82. The van der Waals surface area contributed by atoms with Crippen molar-refractivity contribution in [3.8, 4) is 17.0 Å². The maximum Gasteiger partial charge on any atom is 0.263 e. The van der Waals surface area contributed by atoms with E-state index in [1.54, 1.807) is 31.4 Å². The van der Waals surface area contributed by atoms with E-state index in [1.807, 2.05) is 6.07 Å². The smallest absolute Gasteiger partial charge is 0.263 e. The Kier molecular flexibility index (Phi) is 4.14. The molecule has 0 bridgehead atoms. The van der Waals surface area contributed by atoms with Gasteiger partial charge in [0.1, 0.15) is 34.8 Å². The molecule has 0 radical (unpaired) electrons. The van der Waals surface area contributed by atoms with Crippen molar-refractivity contribution in [2.24, 2.45) is 0 Å². The van der Waals surface area contributed by atoms with E-state index in [1.165, 1.54) is 18.5 Å². The number of ether oxygens (including phenoxy) is 1. The summed E-state index contributed by atoms with van der Waals surface area (Å²) in [4.78, 5) is 8.37. The number of methoxy groups -OCH3 is 1. The molecule has 0 spiro atoms. The van der Waals surface area contributed by atoms with Gasteiger partial charge in [-0.2, -0.15) is 4.98 Å². The Morgan fingerprint density at radius 1 is 1.12 bits per heavy atom. The van der Waals surface area contributed by atoms with Crippen LogP contribution >= 0.6 is 11.6 Å². The quantitative estimate of drug-likeness (QED) is 0.554. The van der Waals surface area contributed by atoms with Gasteiger partial charge in [-0.15, -0.1) is 0 Å². The second kappa shape index (κ2) is 6.61. The van der Waals surface area contributed by atoms with Gasteiger partial charge in [0, 0.05) is 11.3 Å². The molecule has 2 heterocycles. The summed E-state index contributed by atoms with van der Waals surface area (Å²) in [5.41, 5.74) is 2.24. The summed E-state index contributed by atoms with van der Waals surface area (Å²) in [7, 11) is 1.55. The topological polar surface area (TPSA) is 73.1 Å². The third-order valence-electron chi connectivity index (χ3n) is 3.80. The van der Waals surface area contributed by atoms with Crippen LogP contribution in [0.1, 0.15) is 0 Å². The molecule has 130 valence electrons. The second-order valence-electron chi connectivity index (χ2n) is 5.41. The number of rotatable bonds is 4. The molecule has 0 unspecified atom stereocenters. The predicted octanol–water partition coefficient (Wildman–Crippen LogP) is 4.83. The van der Waals surface area contributed by atoms with Crippen LogP contribution in [0, 0.1) is 5.82 Å². The molecule has 0 saturated heterocycles. The first kappa shape index (κ1) is 16.3. The minimum atomic E-state index is -0.330. The number of nitrogens with one attached hydrogen (secondary N) is 1. The van der Waals surface area contributed by atoms with Crippen LogP contribution in [0.25, 0.3) is 22.4 Å². The molecule has 1 N–H and O–H groups in total. The van der Waals surface area contributed by atoms with E-state index in [9.17, 15) is 4.39 Å². The number of anilines is 2. The molecule has 0 aliphatic carbocycles. The van der Waals surface area contributed by atoms with Crippen LogP contribution in [0.4, 0.5) is 15.9 Å². The molecular formula is C18H12ClFN4O2. The zero-order valence-electron chi connectivity index (χ0n) is 13.5. The monoisotopic (exact) mass is 370 g/mol. The van der Waals surface area contributed by atoms with Gasteiger partial charge in [-0.3, -0.25) is 0 Å². The SMILES string of the molecule is COc1ccc(Nc2ncnc3onc(-c4ccc(F)cc4)c23)cc1Cl. The number of hydrogen-bond acceptors (Lipinski definition) is 6. The Morgan fingerprint density at radius 3 is 2.65 bits per heavy atom. The zero-order chi connectivity index (χ0) is 18.1. The molecule has 0 atom stereocenters. The van der Waals surface area contributed by atoms with Crippen LogP contribution in [-0.2, 0) is 0 Å². The van der Waals surface area contributed by atoms with Crippen molar-refractivity contribution in [1.82, 2.24) is 15.1 Å². The van der Waals surface area contributed by atoms with E-state index >= 15 is 0 Å². The Labute approximate surface area is 152 Å². The largest absolute Gasteiger partial charge is 0.495 e. The van der Waals surface area contributed by atoms with Gasteiger partial charge in [0.25, 0.3) is 5.71 Å². The van der Waals surface area contributed by atoms with E-state index in [4.69, 9.17) is 20.9 Å². The minimum Gasteiger partial charge on any atom is -0.495 e. The van der Waals surface area contributed by atoms with Crippen molar-refractivity contribution in [3.63, 3.8) is 0 Å². The van der Waals surface area contributed by atoms with Gasteiger partial charge in [-0.25, -0.2) is 9.37 Å². The molecule has 4 rings (SSSR count). The lowest BCUT2D eigenvalue weighted by atomic mass is 10.1. The van der Waals surface area contributed by atoms with Crippen LogP contribution in [0.15, 0.2) is 53.3 Å². The van der Waals surface area contributed by atoms with Crippen molar-refractivity contribution < 1.29 is 13.7 Å². The van der Waals surface area contributed by atoms with Crippen LogP contribution in [0.5, 0.6) is 5.75 Å². The van der Waals surface area contributed by atoms with Crippen molar-refractivity contribution in [1.29, 1.82) is 0 Å². The molecular weight excluding hydrogens is 359 g/mol. The third-order valence-corrected chi connectivity index (χ3v) is 4.10. The first-order valence-corrected chi connectivity index (χ1v) is 8.00. The average molecular weight is 371 g/mol. The molecule has 0 saturated carbocycles. The lowest BCUT2D eigenvalue weighted by Gasteiger charge is -2.09. The highest BCUT2D eigenvalue weighted by molar-refractivity contribution is 6.32. The number of hydrogen-bond donors (Lipinski definition) is 1. The van der Waals surface area contributed by atoms with E-state index in [0.29, 0.717) is 44.6 Å². The van der Waals surface area contributed by atoms with Gasteiger partial charge >= 0.3 is 0 Å². The number of benzene rings is 2. The fourth-order valence-electron chi connectivity index (χ4n) is 2.57. The first-order valence-electron chi connectivity index (χ1n) is 7.62. The summed E-state index contributed by atoms with van der Waals surface area (Å²) in [5.74, 6) is 0.739. The minimum absolute atomic E-state index is 0.321. The normalized spacial score (nSPS) is 10.9. The number of halogens is 2. The Balaban J connectivity index is 1.79. The number of nitrogens with zero attached hydrogens (tertiary/aromatic N) is 3. The molecule has 0 fully saturated rings. The van der Waals surface area contributed by atoms with Gasteiger partial charge in [0.05, 0.1) is 12.1 Å². The highest BCUT2D eigenvalue weighted by Gasteiger charge is 2.17. The molecule has 4 aromatic rings. The molecule has 0 amide bonds. The first-order chi connectivity index (χ1) is 12.7. The fraction of sp³-hybridized carbons (Fsp3) is 0.0556. The van der Waals surface area contributed by atoms with Crippen LogP contribution < -0.4 is 10.1 Å². The van der Waals surface area contributed by atoms with Crippen molar-refractivity contribution in [3.05, 3.63) is 59.6 Å². The van der Waals surface area contributed by atoms with Crippen molar-refractivity contribution in [2.45, 2.75) is 0 Å². The standard InChI is InChI=1S/C18H12ClFN4O2/c1-25-14-7-6-12(8-13(14)19)23-17-15-16(10-2-4-11(20)5-3-10)24-26-18(15)22-9-21-17/h2-9H,1H3,(H,21,22,23). The van der Waals surface area contributed by atoms with Gasteiger partial charge in [-0.1, -0.05) is 16.8 Å². The summed E-state index contributed by atoms with van der Waals surface area (Å²) in [6.45, 7) is 0. The van der Waals surface area contributed by atoms with Crippen molar-refractivity contribution in [2.75, 3.05) is 12.4 Å². The lowest BCUT2D eigenvalue weighted by Crippen LogP contribution is -1.96. The molecule has 0 aliphatic rings. The molecule has 2 aromatic heterocycles. The predicted molar refractivity (Wildman–Crippen MR) is 96.3 cm³/mol. The van der Waals surface area contributed by atoms with E-state index < -0.39 is 0 Å². The van der Waals surface area contributed by atoms with Crippen LogP contribution in [-0.4, -0.2) is 22.2 Å². The Bertz CT molecular complexity index is 1080. The molecule has 26 heavy (non-hydrogen) atoms. The highest BCUT2D eigenvalue weighted by atomic mass is 35.5. The summed E-state index contributed by atoms with van der Waals surface area (Å²) < 4.78 is 23.7. The molecule has 6 nitrogen and oxygen atoms in total. The van der Waals surface area contributed by atoms with E-state index in [0.717, 1.165) is 0 Å². The Morgan fingerprint density at radius 2 is 1.92 bits per heavy atom. The molecule has 0 aliphatic heterocycles. The van der Waals surface area contributed by atoms with Crippen LogP contribution in [0.2, 0.25) is 5.02 Å². The average Bonchev–Trinajstić information content (AvgIpc) is 3.08. The third kappa shape index (κ3) is 2.93. The lowest BCUT2D eigenvalue weighted by molar-refractivity contribution is 0.415. The van der Waals surface area contributed by atoms with Gasteiger partial charge in [0.2, 0.25) is 0 Å². The summed E-state index contributed by atoms with van der Waals surface area (Å²) in [6, 6.07) is 11.2. The van der Waals surface area contributed by atoms with Crippen LogP contribution in [0.3, 0.4) is 0 Å².